The summed E-state index contributed by atoms with van der Waals surface area (Å²) < 4.78 is 24.8. The van der Waals surface area contributed by atoms with E-state index in [1.807, 2.05) is 0 Å². The number of nitrogens with one attached hydrogen (secondary N) is 2. The van der Waals surface area contributed by atoms with E-state index in [4.69, 9.17) is 5.11 Å². The van der Waals surface area contributed by atoms with E-state index in [-0.39, 0.29) is 17.4 Å². The molecule has 1 fully saturated rings. The molecule has 1 aliphatic heterocycles. The van der Waals surface area contributed by atoms with Gasteiger partial charge >= 0.3 is 5.97 Å². The van der Waals surface area contributed by atoms with Crippen LogP contribution in [-0.4, -0.2) is 42.8 Å². The van der Waals surface area contributed by atoms with Crippen molar-refractivity contribution in [2.45, 2.75) is 12.5 Å². The Hall–Kier alpha value is -1.67. The lowest BCUT2D eigenvalue weighted by Gasteiger charge is -2.10. The first-order valence-corrected chi connectivity index (χ1v) is 7.05. The maximum Gasteiger partial charge on any atom is 0.337 e. The van der Waals surface area contributed by atoms with Crippen LogP contribution in [0.3, 0.4) is 0 Å². The van der Waals surface area contributed by atoms with Crippen molar-refractivity contribution in [3.63, 3.8) is 0 Å². The van der Waals surface area contributed by atoms with Crippen molar-refractivity contribution in [3.05, 3.63) is 23.9 Å². The van der Waals surface area contributed by atoms with Gasteiger partial charge in [0.05, 0.1) is 11.3 Å². The summed E-state index contributed by atoms with van der Waals surface area (Å²) in [7, 11) is -3.11. The number of aromatic nitrogens is 1. The Bertz CT molecular complexity index is 541. The highest BCUT2D eigenvalue weighted by atomic mass is 32.2. The Morgan fingerprint density at radius 3 is 2.83 bits per heavy atom. The smallest absolute Gasteiger partial charge is 0.337 e. The molecule has 0 aromatic carbocycles. The zero-order chi connectivity index (χ0) is 13.2. The number of carboxylic acids is 1. The van der Waals surface area contributed by atoms with Crippen LogP contribution in [-0.2, 0) is 10.0 Å². The molecule has 0 saturated carbocycles. The Morgan fingerprint density at radius 2 is 2.33 bits per heavy atom. The van der Waals surface area contributed by atoms with E-state index in [0.717, 1.165) is 0 Å². The number of sulfonamides is 1. The fourth-order valence-corrected chi connectivity index (χ4v) is 3.09. The standard InChI is InChI=1S/C10H13N3O4S/c14-10(15)7-1-2-9(11-5-7)12-6-8-3-4-18(16,17)13-8/h1-2,5,8,13H,3-4,6H2,(H,11,12)(H,14,15). The predicted octanol–water partition coefficient (Wildman–Crippen LogP) is -0.117. The van der Waals surface area contributed by atoms with Gasteiger partial charge in [0.25, 0.3) is 0 Å². The minimum absolute atomic E-state index is 0.113. The molecule has 3 N–H and O–H groups in total. The van der Waals surface area contributed by atoms with E-state index in [1.54, 1.807) is 6.07 Å². The lowest BCUT2D eigenvalue weighted by atomic mass is 10.2. The maximum absolute atomic E-state index is 11.2. The molecule has 0 radical (unpaired) electrons. The lowest BCUT2D eigenvalue weighted by molar-refractivity contribution is 0.0696. The minimum atomic E-state index is -3.11. The lowest BCUT2D eigenvalue weighted by Crippen LogP contribution is -2.32. The zero-order valence-electron chi connectivity index (χ0n) is 9.46. The molecule has 2 heterocycles. The molecule has 1 saturated heterocycles. The Kier molecular flexibility index (Phi) is 3.48. The van der Waals surface area contributed by atoms with Crippen molar-refractivity contribution in [1.82, 2.24) is 9.71 Å². The van der Waals surface area contributed by atoms with E-state index in [9.17, 15) is 13.2 Å². The van der Waals surface area contributed by atoms with E-state index in [0.29, 0.717) is 18.8 Å². The number of carboxylic acid groups (broad SMARTS) is 1. The number of hydrogen-bond donors (Lipinski definition) is 3. The number of pyridine rings is 1. The van der Waals surface area contributed by atoms with Crippen LogP contribution in [0.15, 0.2) is 18.3 Å². The number of aromatic carboxylic acids is 1. The van der Waals surface area contributed by atoms with Crippen LogP contribution in [0.2, 0.25) is 0 Å². The van der Waals surface area contributed by atoms with Crippen molar-refractivity contribution in [2.24, 2.45) is 0 Å². The Labute approximate surface area is 104 Å². The molecule has 7 nitrogen and oxygen atoms in total. The zero-order valence-corrected chi connectivity index (χ0v) is 10.3. The third-order valence-corrected chi connectivity index (χ3v) is 4.09. The van der Waals surface area contributed by atoms with Gasteiger partial charge in [-0.1, -0.05) is 0 Å². The van der Waals surface area contributed by atoms with Crippen LogP contribution >= 0.6 is 0 Å². The molecule has 1 aromatic rings. The molecule has 1 unspecified atom stereocenters. The number of anilines is 1. The van der Waals surface area contributed by atoms with Crippen LogP contribution < -0.4 is 10.0 Å². The molecule has 18 heavy (non-hydrogen) atoms. The molecule has 1 atom stereocenters. The molecule has 98 valence electrons. The normalized spacial score (nSPS) is 21.7. The SMILES string of the molecule is O=C(O)c1ccc(NCC2CCS(=O)(=O)N2)nc1. The molecule has 8 heteroatoms. The molecule has 0 aliphatic carbocycles. The summed E-state index contributed by atoms with van der Waals surface area (Å²) in [5.74, 6) is -0.367. The first-order chi connectivity index (χ1) is 8.46. The maximum atomic E-state index is 11.2. The van der Waals surface area contributed by atoms with Crippen molar-refractivity contribution in [3.8, 4) is 0 Å². The molecule has 0 amide bonds. The second-order valence-electron chi connectivity index (χ2n) is 4.04. The van der Waals surface area contributed by atoms with Crippen LogP contribution in [0.1, 0.15) is 16.8 Å². The van der Waals surface area contributed by atoms with E-state index >= 15 is 0 Å². The van der Waals surface area contributed by atoms with Gasteiger partial charge in [-0.25, -0.2) is 22.9 Å². The van der Waals surface area contributed by atoms with Crippen LogP contribution in [0, 0.1) is 0 Å². The van der Waals surface area contributed by atoms with Crippen LogP contribution in [0.5, 0.6) is 0 Å². The summed E-state index contributed by atoms with van der Waals surface area (Å²) in [5.41, 5.74) is 0.113. The van der Waals surface area contributed by atoms with Gasteiger partial charge < -0.3 is 10.4 Å². The predicted molar refractivity (Wildman–Crippen MR) is 65.0 cm³/mol. The number of hydrogen-bond acceptors (Lipinski definition) is 5. The largest absolute Gasteiger partial charge is 0.478 e. The minimum Gasteiger partial charge on any atom is -0.478 e. The van der Waals surface area contributed by atoms with Gasteiger partial charge in [0.15, 0.2) is 0 Å². The van der Waals surface area contributed by atoms with Crippen molar-refractivity contribution in [1.29, 1.82) is 0 Å². The van der Waals surface area contributed by atoms with E-state index in [1.165, 1.54) is 12.3 Å². The van der Waals surface area contributed by atoms with E-state index < -0.39 is 16.0 Å². The average molecular weight is 271 g/mol. The van der Waals surface area contributed by atoms with Crippen molar-refractivity contribution < 1.29 is 18.3 Å². The fourth-order valence-electron chi connectivity index (χ4n) is 1.67. The molecular weight excluding hydrogens is 258 g/mol. The van der Waals surface area contributed by atoms with Gasteiger partial charge in [-0.3, -0.25) is 0 Å². The second-order valence-corrected chi connectivity index (χ2v) is 5.91. The molecule has 2 rings (SSSR count). The summed E-state index contributed by atoms with van der Waals surface area (Å²) in [5, 5.41) is 11.7. The molecule has 1 aliphatic rings. The molecule has 0 spiro atoms. The highest BCUT2D eigenvalue weighted by molar-refractivity contribution is 7.89. The van der Waals surface area contributed by atoms with Gasteiger partial charge in [-0.2, -0.15) is 0 Å². The second kappa shape index (κ2) is 4.91. The van der Waals surface area contributed by atoms with Gasteiger partial charge in [0.1, 0.15) is 5.82 Å². The van der Waals surface area contributed by atoms with Gasteiger partial charge in [-0.05, 0) is 18.6 Å². The van der Waals surface area contributed by atoms with Crippen molar-refractivity contribution >= 4 is 21.8 Å². The number of carbonyl (C=O) groups is 1. The summed E-state index contributed by atoms with van der Waals surface area (Å²) in [6.45, 7) is 0.429. The average Bonchev–Trinajstić information content (AvgIpc) is 2.67. The fraction of sp³-hybridized carbons (Fsp3) is 0.400. The van der Waals surface area contributed by atoms with Gasteiger partial charge in [0, 0.05) is 18.8 Å². The molecule has 1 aromatic heterocycles. The summed E-state index contributed by atoms with van der Waals surface area (Å²) in [6.07, 6.45) is 1.81. The Balaban J connectivity index is 1.89. The number of nitrogens with zero attached hydrogens (tertiary/aromatic N) is 1. The summed E-state index contributed by atoms with van der Waals surface area (Å²) in [6, 6.07) is 2.85. The van der Waals surface area contributed by atoms with Crippen LogP contribution in [0.4, 0.5) is 5.82 Å². The molecule has 0 bridgehead atoms. The third kappa shape index (κ3) is 3.17. The quantitative estimate of drug-likeness (QED) is 0.704. The monoisotopic (exact) mass is 271 g/mol. The summed E-state index contributed by atoms with van der Waals surface area (Å²) in [4.78, 5) is 14.5. The van der Waals surface area contributed by atoms with Gasteiger partial charge in [0.2, 0.25) is 10.0 Å². The first-order valence-electron chi connectivity index (χ1n) is 5.39. The van der Waals surface area contributed by atoms with Crippen LogP contribution in [0.25, 0.3) is 0 Å². The van der Waals surface area contributed by atoms with Gasteiger partial charge in [-0.15, -0.1) is 0 Å². The highest BCUT2D eigenvalue weighted by Crippen LogP contribution is 2.10. The topological polar surface area (TPSA) is 108 Å². The number of rotatable bonds is 4. The summed E-state index contributed by atoms with van der Waals surface area (Å²) >= 11 is 0. The highest BCUT2D eigenvalue weighted by Gasteiger charge is 2.26. The molecular formula is C10H13N3O4S. The van der Waals surface area contributed by atoms with E-state index in [2.05, 4.69) is 15.0 Å². The Morgan fingerprint density at radius 1 is 1.56 bits per heavy atom. The third-order valence-electron chi connectivity index (χ3n) is 2.62. The first kappa shape index (κ1) is 12.8. The van der Waals surface area contributed by atoms with Crippen molar-refractivity contribution in [2.75, 3.05) is 17.6 Å².